The van der Waals surface area contributed by atoms with E-state index in [1.807, 2.05) is 11.4 Å². The van der Waals surface area contributed by atoms with E-state index >= 15 is 0 Å². The number of nitrogens with zero attached hydrogens (tertiary/aromatic N) is 3. The third-order valence-corrected chi connectivity index (χ3v) is 3.79. The molecule has 0 saturated carbocycles. The number of rotatable bonds is 1. The Morgan fingerprint density at radius 3 is 3.00 bits per heavy atom. The van der Waals surface area contributed by atoms with Gasteiger partial charge in [-0.2, -0.15) is 13.2 Å². The Morgan fingerprint density at radius 2 is 2.21 bits per heavy atom. The van der Waals surface area contributed by atoms with Crippen LogP contribution in [0.5, 0.6) is 0 Å². The highest BCUT2D eigenvalue weighted by Gasteiger charge is 2.43. The van der Waals surface area contributed by atoms with Gasteiger partial charge in [0.25, 0.3) is 0 Å². The minimum absolute atomic E-state index is 0.0415. The smallest absolute Gasteiger partial charge is 0.365 e. The zero-order valence-corrected chi connectivity index (χ0v) is 10.5. The SMILES string of the molecule is FC(F)(F)[C@@H]1CN(c2ncnc3sccc23)CCO1. The van der Waals surface area contributed by atoms with Gasteiger partial charge >= 0.3 is 6.18 Å². The fourth-order valence-corrected chi connectivity index (χ4v) is 2.80. The number of hydrogen-bond donors (Lipinski definition) is 0. The van der Waals surface area contributed by atoms with Gasteiger partial charge in [0.05, 0.1) is 18.5 Å². The Bertz CT molecular complexity index is 586. The molecular weight excluding hydrogens is 279 g/mol. The minimum atomic E-state index is -4.35. The zero-order valence-electron chi connectivity index (χ0n) is 9.72. The van der Waals surface area contributed by atoms with Crippen LogP contribution >= 0.6 is 11.3 Å². The summed E-state index contributed by atoms with van der Waals surface area (Å²) in [5, 5.41) is 2.64. The second-order valence-electron chi connectivity index (χ2n) is 4.18. The van der Waals surface area contributed by atoms with E-state index in [1.54, 1.807) is 4.90 Å². The highest BCUT2D eigenvalue weighted by molar-refractivity contribution is 7.16. The van der Waals surface area contributed by atoms with Gasteiger partial charge in [-0.3, -0.25) is 0 Å². The van der Waals surface area contributed by atoms with Crippen molar-refractivity contribution in [2.24, 2.45) is 0 Å². The summed E-state index contributed by atoms with van der Waals surface area (Å²) in [5.41, 5.74) is 0. The quantitative estimate of drug-likeness (QED) is 0.808. The Balaban J connectivity index is 1.91. The third-order valence-electron chi connectivity index (χ3n) is 2.97. The first kappa shape index (κ1) is 12.6. The molecule has 1 atom stereocenters. The molecular formula is C11H10F3N3OS. The van der Waals surface area contributed by atoms with Gasteiger partial charge in [0.2, 0.25) is 0 Å². The van der Waals surface area contributed by atoms with Crippen LogP contribution < -0.4 is 4.90 Å². The number of fused-ring (bicyclic) bond motifs is 1. The molecule has 0 aromatic carbocycles. The summed E-state index contributed by atoms with van der Waals surface area (Å²) in [7, 11) is 0. The van der Waals surface area contributed by atoms with Crippen molar-refractivity contribution in [3.63, 3.8) is 0 Å². The Labute approximate surface area is 110 Å². The summed E-state index contributed by atoms with van der Waals surface area (Å²) in [4.78, 5) is 10.6. The van der Waals surface area contributed by atoms with Crippen LogP contribution in [-0.2, 0) is 4.74 Å². The van der Waals surface area contributed by atoms with E-state index < -0.39 is 12.3 Å². The monoisotopic (exact) mass is 289 g/mol. The predicted octanol–water partition coefficient (Wildman–Crippen LogP) is 2.46. The minimum Gasteiger partial charge on any atom is -0.365 e. The average Bonchev–Trinajstić information content (AvgIpc) is 2.86. The maximum atomic E-state index is 12.7. The summed E-state index contributed by atoms with van der Waals surface area (Å²) in [6.07, 6.45) is -4.73. The summed E-state index contributed by atoms with van der Waals surface area (Å²) in [6.45, 7) is 0.208. The molecule has 3 rings (SSSR count). The first-order valence-electron chi connectivity index (χ1n) is 5.67. The number of ether oxygens (including phenoxy) is 1. The van der Waals surface area contributed by atoms with E-state index in [1.165, 1.54) is 17.7 Å². The molecule has 0 unspecified atom stereocenters. The molecule has 1 aliphatic heterocycles. The van der Waals surface area contributed by atoms with Crippen molar-refractivity contribution < 1.29 is 17.9 Å². The second-order valence-corrected chi connectivity index (χ2v) is 5.08. The lowest BCUT2D eigenvalue weighted by molar-refractivity contribution is -0.221. The average molecular weight is 289 g/mol. The molecule has 19 heavy (non-hydrogen) atoms. The lowest BCUT2D eigenvalue weighted by Gasteiger charge is -2.34. The van der Waals surface area contributed by atoms with E-state index in [0.29, 0.717) is 12.4 Å². The number of halogens is 3. The molecule has 2 aromatic rings. The molecule has 4 nitrogen and oxygen atoms in total. The number of alkyl halides is 3. The topological polar surface area (TPSA) is 38.2 Å². The van der Waals surface area contributed by atoms with Gasteiger partial charge in [-0.15, -0.1) is 11.3 Å². The van der Waals surface area contributed by atoms with E-state index in [-0.39, 0.29) is 13.2 Å². The molecule has 0 N–H and O–H groups in total. The molecule has 0 spiro atoms. The Morgan fingerprint density at radius 1 is 1.37 bits per heavy atom. The summed E-state index contributed by atoms with van der Waals surface area (Å²) < 4.78 is 42.9. The maximum absolute atomic E-state index is 12.7. The molecule has 0 aliphatic carbocycles. The fraction of sp³-hybridized carbons (Fsp3) is 0.455. The zero-order chi connectivity index (χ0) is 13.5. The van der Waals surface area contributed by atoms with Crippen molar-refractivity contribution in [2.45, 2.75) is 12.3 Å². The molecule has 1 aliphatic rings. The van der Waals surface area contributed by atoms with Crippen LogP contribution in [0.1, 0.15) is 0 Å². The van der Waals surface area contributed by atoms with Crippen molar-refractivity contribution in [3.05, 3.63) is 17.8 Å². The van der Waals surface area contributed by atoms with Crippen molar-refractivity contribution in [1.29, 1.82) is 0 Å². The first-order valence-corrected chi connectivity index (χ1v) is 6.55. The lowest BCUT2D eigenvalue weighted by atomic mass is 10.2. The van der Waals surface area contributed by atoms with Crippen LogP contribution in [0.2, 0.25) is 0 Å². The Kier molecular flexibility index (Phi) is 3.06. The largest absolute Gasteiger partial charge is 0.416 e. The van der Waals surface area contributed by atoms with Gasteiger partial charge in [0.15, 0.2) is 6.10 Å². The standard InChI is InChI=1S/C11H10F3N3OS/c12-11(13,14)8-5-17(2-3-18-8)9-7-1-4-19-10(7)16-6-15-9/h1,4,6,8H,2-3,5H2/t8-/m0/s1. The van der Waals surface area contributed by atoms with Crippen LogP contribution in [-0.4, -0.2) is 41.9 Å². The summed E-state index contributed by atoms with van der Waals surface area (Å²) in [5.74, 6) is 0.545. The number of hydrogen-bond acceptors (Lipinski definition) is 5. The van der Waals surface area contributed by atoms with Crippen molar-refractivity contribution in [3.8, 4) is 0 Å². The van der Waals surface area contributed by atoms with Gasteiger partial charge < -0.3 is 9.64 Å². The third kappa shape index (κ3) is 2.37. The van der Waals surface area contributed by atoms with Crippen molar-refractivity contribution in [1.82, 2.24) is 9.97 Å². The maximum Gasteiger partial charge on any atom is 0.416 e. The van der Waals surface area contributed by atoms with Crippen LogP contribution in [0.4, 0.5) is 19.0 Å². The number of aromatic nitrogens is 2. The van der Waals surface area contributed by atoms with E-state index in [9.17, 15) is 13.2 Å². The predicted molar refractivity (Wildman–Crippen MR) is 65.4 cm³/mol. The molecule has 8 heteroatoms. The second kappa shape index (κ2) is 4.61. The normalized spacial score (nSPS) is 21.0. The molecule has 1 fully saturated rings. The lowest BCUT2D eigenvalue weighted by Crippen LogP contribution is -2.49. The molecule has 3 heterocycles. The highest BCUT2D eigenvalue weighted by Crippen LogP contribution is 2.31. The van der Waals surface area contributed by atoms with E-state index in [2.05, 4.69) is 9.97 Å². The van der Waals surface area contributed by atoms with Crippen LogP contribution in [0.3, 0.4) is 0 Å². The number of thiophene rings is 1. The van der Waals surface area contributed by atoms with Gasteiger partial charge in [-0.1, -0.05) is 0 Å². The van der Waals surface area contributed by atoms with E-state index in [4.69, 9.17) is 4.74 Å². The van der Waals surface area contributed by atoms with Gasteiger partial charge in [-0.05, 0) is 11.4 Å². The van der Waals surface area contributed by atoms with Crippen molar-refractivity contribution in [2.75, 3.05) is 24.6 Å². The highest BCUT2D eigenvalue weighted by atomic mass is 32.1. The molecule has 0 amide bonds. The van der Waals surface area contributed by atoms with Gasteiger partial charge in [0.1, 0.15) is 17.0 Å². The van der Waals surface area contributed by atoms with Crippen LogP contribution in [0.25, 0.3) is 10.2 Å². The Hall–Kier alpha value is -1.41. The van der Waals surface area contributed by atoms with Gasteiger partial charge in [0, 0.05) is 6.54 Å². The molecule has 1 saturated heterocycles. The van der Waals surface area contributed by atoms with Crippen LogP contribution in [0, 0.1) is 0 Å². The summed E-state index contributed by atoms with van der Waals surface area (Å²) in [6, 6.07) is 1.83. The van der Waals surface area contributed by atoms with Crippen molar-refractivity contribution >= 4 is 27.4 Å². The summed E-state index contributed by atoms with van der Waals surface area (Å²) >= 11 is 1.44. The number of anilines is 1. The molecule has 0 radical (unpaired) electrons. The molecule has 0 bridgehead atoms. The first-order chi connectivity index (χ1) is 9.05. The number of morpholine rings is 1. The van der Waals surface area contributed by atoms with E-state index in [0.717, 1.165) is 10.2 Å². The molecule has 2 aromatic heterocycles. The van der Waals surface area contributed by atoms with Gasteiger partial charge in [-0.25, -0.2) is 9.97 Å². The fourth-order valence-electron chi connectivity index (χ4n) is 2.07. The van der Waals surface area contributed by atoms with Crippen LogP contribution in [0.15, 0.2) is 17.8 Å². The molecule has 102 valence electrons.